The van der Waals surface area contributed by atoms with Crippen molar-refractivity contribution in [2.45, 2.75) is 0 Å². The van der Waals surface area contributed by atoms with Crippen LogP contribution in [0.4, 0.5) is 17.1 Å². The molecule has 0 fully saturated rings. The van der Waals surface area contributed by atoms with Gasteiger partial charge in [0.25, 0.3) is 0 Å². The van der Waals surface area contributed by atoms with E-state index >= 15 is 0 Å². The molecule has 2 aromatic carbocycles. The molecule has 0 unspecified atom stereocenters. The van der Waals surface area contributed by atoms with Gasteiger partial charge in [0.1, 0.15) is 0 Å². The Labute approximate surface area is 126 Å². The first-order valence-corrected chi connectivity index (χ1v) is 6.97. The lowest BCUT2D eigenvalue weighted by atomic mass is 10.2. The van der Waals surface area contributed by atoms with Crippen molar-refractivity contribution in [2.75, 3.05) is 28.8 Å². The van der Waals surface area contributed by atoms with Gasteiger partial charge in [0.2, 0.25) is 0 Å². The highest BCUT2D eigenvalue weighted by atomic mass is 15.4. The number of para-hydroxylation sites is 1. The molecule has 2 N–H and O–H groups in total. The maximum absolute atomic E-state index is 3.79. The smallest absolute Gasteiger partial charge is 0.0541 e. The molecule has 0 bridgehead atoms. The highest BCUT2D eigenvalue weighted by Crippen LogP contribution is 2.18. The van der Waals surface area contributed by atoms with Gasteiger partial charge in [0, 0.05) is 18.8 Å². The van der Waals surface area contributed by atoms with Gasteiger partial charge in [-0.15, -0.1) is 13.2 Å². The van der Waals surface area contributed by atoms with E-state index in [9.17, 15) is 0 Å². The summed E-state index contributed by atoms with van der Waals surface area (Å²) < 4.78 is 0. The van der Waals surface area contributed by atoms with Crippen LogP contribution < -0.4 is 15.8 Å². The molecule has 2 rings (SSSR count). The van der Waals surface area contributed by atoms with Crippen molar-refractivity contribution in [3.05, 3.63) is 79.9 Å². The maximum atomic E-state index is 3.79. The van der Waals surface area contributed by atoms with Crippen LogP contribution >= 0.6 is 0 Å². The highest BCUT2D eigenvalue weighted by Gasteiger charge is 2.02. The number of nitrogens with one attached hydrogen (secondary N) is 2. The van der Waals surface area contributed by atoms with Gasteiger partial charge in [-0.25, -0.2) is 0 Å². The van der Waals surface area contributed by atoms with Gasteiger partial charge in [0.05, 0.1) is 11.4 Å². The number of anilines is 3. The van der Waals surface area contributed by atoms with E-state index in [0.717, 1.165) is 30.2 Å². The summed E-state index contributed by atoms with van der Waals surface area (Å²) in [4.78, 5) is 2.20. The van der Waals surface area contributed by atoms with E-state index < -0.39 is 0 Å². The minimum atomic E-state index is 0.807. The van der Waals surface area contributed by atoms with Gasteiger partial charge in [-0.05, 0) is 36.4 Å². The minimum absolute atomic E-state index is 0.807. The number of nitrogens with zero attached hydrogens (tertiary/aromatic N) is 1. The lowest BCUT2D eigenvalue weighted by Gasteiger charge is -2.22. The molecular weight excluding hydrogens is 258 g/mol. The summed E-state index contributed by atoms with van der Waals surface area (Å²) in [6.45, 7) is 9.19. The van der Waals surface area contributed by atoms with E-state index in [1.807, 2.05) is 54.6 Å². The summed E-state index contributed by atoms with van der Waals surface area (Å²) in [6, 6.07) is 18.3. The van der Waals surface area contributed by atoms with Crippen molar-refractivity contribution < 1.29 is 0 Å². The van der Waals surface area contributed by atoms with Crippen LogP contribution in [0.3, 0.4) is 0 Å². The van der Waals surface area contributed by atoms with Crippen LogP contribution in [0.1, 0.15) is 0 Å². The van der Waals surface area contributed by atoms with Crippen LogP contribution in [0, 0.1) is 0 Å². The Morgan fingerprint density at radius 3 is 1.81 bits per heavy atom. The second-order valence-electron chi connectivity index (χ2n) is 4.65. The Kier molecular flexibility index (Phi) is 5.47. The third kappa shape index (κ3) is 4.42. The highest BCUT2D eigenvalue weighted by molar-refractivity contribution is 5.58. The third-order valence-corrected chi connectivity index (χ3v) is 3.06. The lowest BCUT2D eigenvalue weighted by molar-refractivity contribution is 0.957. The monoisotopic (exact) mass is 279 g/mol. The van der Waals surface area contributed by atoms with E-state index in [-0.39, 0.29) is 0 Å². The van der Waals surface area contributed by atoms with Crippen LogP contribution in [0.25, 0.3) is 0 Å². The molecule has 0 amide bonds. The Bertz CT molecular complexity index is 551. The average molecular weight is 279 g/mol. The fraction of sp³-hybridized carbons (Fsp3) is 0.111. The van der Waals surface area contributed by atoms with Gasteiger partial charge in [-0.1, -0.05) is 30.4 Å². The minimum Gasteiger partial charge on any atom is -0.364 e. The van der Waals surface area contributed by atoms with Crippen LogP contribution in [0.15, 0.2) is 79.9 Å². The molecule has 0 aliphatic rings. The summed E-state index contributed by atoms with van der Waals surface area (Å²) in [6.07, 6.45) is 3.79. The summed E-state index contributed by atoms with van der Waals surface area (Å²) in [5.41, 5.74) is 9.54. The largest absolute Gasteiger partial charge is 0.364 e. The standard InChI is InChI=1S/C18H21N3/c1-3-14-21(15-4-2)18-12-10-17(11-13-18)20-19-16-8-6-5-7-9-16/h3-13,19-20H,1-2,14-15H2. The second kappa shape index (κ2) is 7.80. The SMILES string of the molecule is C=CCN(CC=C)c1ccc(NNc2ccccc2)cc1. The quantitative estimate of drug-likeness (QED) is 0.557. The van der Waals surface area contributed by atoms with Crippen molar-refractivity contribution in [3.63, 3.8) is 0 Å². The second-order valence-corrected chi connectivity index (χ2v) is 4.65. The third-order valence-electron chi connectivity index (χ3n) is 3.06. The predicted molar refractivity (Wildman–Crippen MR) is 92.7 cm³/mol. The van der Waals surface area contributed by atoms with E-state index in [4.69, 9.17) is 0 Å². The molecule has 0 aromatic heterocycles. The molecule has 0 saturated heterocycles. The number of hydrogen-bond acceptors (Lipinski definition) is 3. The molecule has 0 aliphatic heterocycles. The molecule has 0 atom stereocenters. The molecule has 0 radical (unpaired) electrons. The zero-order valence-corrected chi connectivity index (χ0v) is 12.1. The Hall–Kier alpha value is -2.68. The summed E-state index contributed by atoms with van der Waals surface area (Å²) in [5.74, 6) is 0. The number of hydrazine groups is 1. The van der Waals surface area contributed by atoms with E-state index in [1.165, 1.54) is 0 Å². The molecule has 2 aromatic rings. The number of benzene rings is 2. The van der Waals surface area contributed by atoms with Crippen molar-refractivity contribution in [3.8, 4) is 0 Å². The van der Waals surface area contributed by atoms with Gasteiger partial charge >= 0.3 is 0 Å². The first-order chi connectivity index (χ1) is 10.3. The Morgan fingerprint density at radius 2 is 1.29 bits per heavy atom. The van der Waals surface area contributed by atoms with Gasteiger partial charge in [-0.2, -0.15) is 0 Å². The topological polar surface area (TPSA) is 27.3 Å². The molecule has 3 heteroatoms. The first kappa shape index (κ1) is 14.7. The molecule has 21 heavy (non-hydrogen) atoms. The summed E-state index contributed by atoms with van der Waals surface area (Å²) in [7, 11) is 0. The average Bonchev–Trinajstić information content (AvgIpc) is 2.54. The van der Waals surface area contributed by atoms with Crippen LogP contribution in [0.5, 0.6) is 0 Å². The summed E-state index contributed by atoms with van der Waals surface area (Å²) >= 11 is 0. The number of hydrogen-bond donors (Lipinski definition) is 2. The van der Waals surface area contributed by atoms with Gasteiger partial charge in [-0.3, -0.25) is 0 Å². The van der Waals surface area contributed by atoms with Crippen molar-refractivity contribution >= 4 is 17.1 Å². The van der Waals surface area contributed by atoms with Gasteiger partial charge < -0.3 is 15.8 Å². The van der Waals surface area contributed by atoms with Crippen LogP contribution in [-0.4, -0.2) is 13.1 Å². The molecule has 108 valence electrons. The zero-order valence-electron chi connectivity index (χ0n) is 12.1. The molecule has 3 nitrogen and oxygen atoms in total. The fourth-order valence-electron chi connectivity index (χ4n) is 2.02. The van der Waals surface area contributed by atoms with E-state index in [0.29, 0.717) is 0 Å². The molecule has 0 saturated carbocycles. The maximum Gasteiger partial charge on any atom is 0.0541 e. The zero-order chi connectivity index (χ0) is 14.9. The van der Waals surface area contributed by atoms with E-state index in [2.05, 4.69) is 41.0 Å². The van der Waals surface area contributed by atoms with Crippen molar-refractivity contribution in [1.82, 2.24) is 0 Å². The van der Waals surface area contributed by atoms with Crippen LogP contribution in [0.2, 0.25) is 0 Å². The Balaban J connectivity index is 1.97. The number of rotatable bonds is 8. The normalized spacial score (nSPS) is 9.71. The van der Waals surface area contributed by atoms with Crippen molar-refractivity contribution in [2.24, 2.45) is 0 Å². The molecular formula is C18H21N3. The predicted octanol–water partition coefficient (Wildman–Crippen LogP) is 4.30. The van der Waals surface area contributed by atoms with E-state index in [1.54, 1.807) is 0 Å². The molecule has 0 aliphatic carbocycles. The first-order valence-electron chi connectivity index (χ1n) is 6.97. The molecule has 0 heterocycles. The fourth-order valence-corrected chi connectivity index (χ4v) is 2.02. The summed E-state index contributed by atoms with van der Waals surface area (Å²) in [5, 5.41) is 0. The molecule has 0 spiro atoms. The Morgan fingerprint density at radius 1 is 0.762 bits per heavy atom. The van der Waals surface area contributed by atoms with Crippen LogP contribution in [-0.2, 0) is 0 Å². The van der Waals surface area contributed by atoms with Gasteiger partial charge in [0.15, 0.2) is 0 Å². The lowest BCUT2D eigenvalue weighted by Crippen LogP contribution is -2.22. The van der Waals surface area contributed by atoms with Crippen molar-refractivity contribution in [1.29, 1.82) is 0 Å².